The molecule has 1 N–H and O–H groups in total. The topological polar surface area (TPSA) is 50.2 Å². The van der Waals surface area contributed by atoms with Gasteiger partial charge >= 0.3 is 0 Å². The van der Waals surface area contributed by atoms with Crippen molar-refractivity contribution in [2.45, 2.75) is 25.9 Å². The van der Waals surface area contributed by atoms with E-state index < -0.39 is 0 Å². The highest BCUT2D eigenvalue weighted by Gasteiger charge is 2.16. The lowest BCUT2D eigenvalue weighted by Gasteiger charge is -2.12. The summed E-state index contributed by atoms with van der Waals surface area (Å²) >= 11 is 0. The fraction of sp³-hybridized carbons (Fsp3) is 0.636. The maximum atomic E-state index is 11.8. The van der Waals surface area contributed by atoms with Crippen molar-refractivity contribution in [3.8, 4) is 0 Å². The molecule has 0 radical (unpaired) electrons. The molecule has 1 aromatic rings. The van der Waals surface area contributed by atoms with Crippen LogP contribution < -0.4 is 5.32 Å². The third-order valence-electron chi connectivity index (χ3n) is 2.77. The van der Waals surface area contributed by atoms with E-state index in [0.29, 0.717) is 5.69 Å². The third kappa shape index (κ3) is 2.24. The number of aromatic nitrogens is 2. The molecule has 1 amide bonds. The Morgan fingerprint density at radius 1 is 1.50 bits per heavy atom. The largest absolute Gasteiger partial charge is 0.343 e. The summed E-state index contributed by atoms with van der Waals surface area (Å²) in [4.78, 5) is 13.3. The van der Waals surface area contributed by atoms with Crippen molar-refractivity contribution in [3.05, 3.63) is 17.5 Å². The Hall–Kier alpha value is -1.36. The van der Waals surface area contributed by atoms with Crippen LogP contribution in [-0.2, 0) is 13.1 Å². The molecule has 0 atom stereocenters. The molecule has 5 nitrogen and oxygen atoms in total. The maximum absolute atomic E-state index is 11.8. The molecule has 2 rings (SSSR count). The van der Waals surface area contributed by atoms with Crippen LogP contribution in [0.3, 0.4) is 0 Å². The number of hydrogen-bond donors (Lipinski definition) is 1. The molecule has 0 aromatic carbocycles. The van der Waals surface area contributed by atoms with E-state index in [1.165, 1.54) is 0 Å². The first-order valence-corrected chi connectivity index (χ1v) is 5.67. The maximum Gasteiger partial charge on any atom is 0.273 e. The lowest BCUT2D eigenvalue weighted by Crippen LogP contribution is -2.22. The normalized spacial score (nSPS) is 16.1. The Balaban J connectivity index is 2.23. The molecule has 16 heavy (non-hydrogen) atoms. The monoisotopic (exact) mass is 222 g/mol. The Kier molecular flexibility index (Phi) is 3.24. The highest BCUT2D eigenvalue weighted by molar-refractivity contribution is 5.92. The van der Waals surface area contributed by atoms with Gasteiger partial charge in [0.05, 0.1) is 5.69 Å². The van der Waals surface area contributed by atoms with Gasteiger partial charge < -0.3 is 10.2 Å². The van der Waals surface area contributed by atoms with Crippen LogP contribution in [0.1, 0.15) is 29.0 Å². The summed E-state index contributed by atoms with van der Waals surface area (Å²) in [5, 5.41) is 7.70. The molecule has 5 heteroatoms. The molecule has 1 aromatic heterocycles. The Morgan fingerprint density at radius 3 is 3.06 bits per heavy atom. The Labute approximate surface area is 95.4 Å². The van der Waals surface area contributed by atoms with E-state index in [2.05, 4.69) is 10.4 Å². The van der Waals surface area contributed by atoms with Crippen molar-refractivity contribution >= 4 is 5.91 Å². The number of aryl methyl sites for hydroxylation is 1. The number of carbonyl (C=O) groups excluding carboxylic acids is 1. The van der Waals surface area contributed by atoms with E-state index in [4.69, 9.17) is 0 Å². The van der Waals surface area contributed by atoms with Gasteiger partial charge in [-0.3, -0.25) is 9.48 Å². The van der Waals surface area contributed by atoms with Crippen LogP contribution >= 0.6 is 0 Å². The van der Waals surface area contributed by atoms with E-state index in [9.17, 15) is 4.79 Å². The fourth-order valence-corrected chi connectivity index (χ4v) is 1.85. The van der Waals surface area contributed by atoms with E-state index >= 15 is 0 Å². The number of carbonyl (C=O) groups is 1. The summed E-state index contributed by atoms with van der Waals surface area (Å²) in [7, 11) is 3.49. The standard InChI is InChI=1S/C11H18N4O/c1-14(2)11(16)10-7-9-8-12-5-3-4-6-15(9)13-10/h7,12H,3-6,8H2,1-2H3. The van der Waals surface area contributed by atoms with Crippen LogP contribution in [0, 0.1) is 0 Å². The minimum atomic E-state index is -0.0285. The molecule has 0 bridgehead atoms. The zero-order valence-electron chi connectivity index (χ0n) is 9.86. The van der Waals surface area contributed by atoms with Crippen molar-refractivity contribution in [2.24, 2.45) is 0 Å². The second kappa shape index (κ2) is 4.65. The molecule has 0 unspecified atom stereocenters. The molecular formula is C11H18N4O. The number of nitrogens with zero attached hydrogens (tertiary/aromatic N) is 3. The van der Waals surface area contributed by atoms with Crippen molar-refractivity contribution < 1.29 is 4.79 Å². The van der Waals surface area contributed by atoms with Crippen LogP contribution in [-0.4, -0.2) is 41.2 Å². The summed E-state index contributed by atoms with van der Waals surface area (Å²) in [6.07, 6.45) is 2.27. The molecule has 88 valence electrons. The summed E-state index contributed by atoms with van der Waals surface area (Å²) in [5.74, 6) is -0.0285. The van der Waals surface area contributed by atoms with Crippen molar-refractivity contribution in [1.82, 2.24) is 20.0 Å². The average molecular weight is 222 g/mol. The SMILES string of the molecule is CN(C)C(=O)c1cc2n(n1)CCCCNC2. The van der Waals surface area contributed by atoms with Gasteiger partial charge in [0.1, 0.15) is 0 Å². The van der Waals surface area contributed by atoms with Gasteiger partial charge in [0, 0.05) is 27.2 Å². The number of rotatable bonds is 1. The minimum absolute atomic E-state index is 0.0285. The average Bonchev–Trinajstić information content (AvgIpc) is 2.59. The summed E-state index contributed by atoms with van der Waals surface area (Å²) in [6, 6.07) is 1.89. The molecule has 0 spiro atoms. The van der Waals surface area contributed by atoms with Crippen LogP contribution in [0.15, 0.2) is 6.07 Å². The highest BCUT2D eigenvalue weighted by atomic mass is 16.2. The number of fused-ring (bicyclic) bond motifs is 1. The van der Waals surface area contributed by atoms with Gasteiger partial charge in [-0.25, -0.2) is 0 Å². The Morgan fingerprint density at radius 2 is 2.31 bits per heavy atom. The fourth-order valence-electron chi connectivity index (χ4n) is 1.85. The minimum Gasteiger partial charge on any atom is -0.343 e. The first kappa shape index (κ1) is 11.1. The van der Waals surface area contributed by atoms with E-state index in [1.54, 1.807) is 19.0 Å². The summed E-state index contributed by atoms with van der Waals surface area (Å²) in [6.45, 7) is 2.76. The quantitative estimate of drug-likeness (QED) is 0.751. The number of amides is 1. The zero-order chi connectivity index (χ0) is 11.5. The van der Waals surface area contributed by atoms with E-state index in [1.807, 2.05) is 10.7 Å². The molecule has 0 aliphatic carbocycles. The second-order valence-electron chi connectivity index (χ2n) is 4.33. The lowest BCUT2D eigenvalue weighted by molar-refractivity contribution is 0.0821. The number of hydrogen-bond acceptors (Lipinski definition) is 3. The lowest BCUT2D eigenvalue weighted by atomic mass is 10.2. The van der Waals surface area contributed by atoms with Gasteiger partial charge in [0.15, 0.2) is 5.69 Å². The van der Waals surface area contributed by atoms with Gasteiger partial charge in [-0.1, -0.05) is 0 Å². The van der Waals surface area contributed by atoms with Crippen LogP contribution in [0.5, 0.6) is 0 Å². The molecule has 0 saturated heterocycles. The van der Waals surface area contributed by atoms with Crippen LogP contribution in [0.2, 0.25) is 0 Å². The van der Waals surface area contributed by atoms with Gasteiger partial charge in [-0.15, -0.1) is 0 Å². The third-order valence-corrected chi connectivity index (χ3v) is 2.77. The molecular weight excluding hydrogens is 204 g/mol. The molecule has 1 aliphatic heterocycles. The zero-order valence-corrected chi connectivity index (χ0v) is 9.86. The van der Waals surface area contributed by atoms with E-state index in [-0.39, 0.29) is 5.91 Å². The van der Waals surface area contributed by atoms with E-state index in [0.717, 1.165) is 38.2 Å². The number of nitrogens with one attached hydrogen (secondary N) is 1. The predicted molar refractivity (Wildman–Crippen MR) is 61.2 cm³/mol. The Bertz CT molecular complexity index is 358. The molecule has 0 fully saturated rings. The van der Waals surface area contributed by atoms with Crippen LogP contribution in [0.25, 0.3) is 0 Å². The first-order valence-electron chi connectivity index (χ1n) is 5.67. The summed E-state index contributed by atoms with van der Waals surface area (Å²) in [5.41, 5.74) is 1.65. The molecule has 2 heterocycles. The smallest absolute Gasteiger partial charge is 0.273 e. The summed E-state index contributed by atoms with van der Waals surface area (Å²) < 4.78 is 1.95. The second-order valence-corrected chi connectivity index (χ2v) is 4.33. The first-order chi connectivity index (χ1) is 7.68. The van der Waals surface area contributed by atoms with Crippen LogP contribution in [0.4, 0.5) is 0 Å². The van der Waals surface area contributed by atoms with Gasteiger partial charge in [-0.05, 0) is 25.5 Å². The van der Waals surface area contributed by atoms with Crippen molar-refractivity contribution in [2.75, 3.05) is 20.6 Å². The molecule has 0 saturated carbocycles. The van der Waals surface area contributed by atoms with Gasteiger partial charge in [0.25, 0.3) is 5.91 Å². The molecule has 1 aliphatic rings. The van der Waals surface area contributed by atoms with Crippen molar-refractivity contribution in [1.29, 1.82) is 0 Å². The van der Waals surface area contributed by atoms with Crippen molar-refractivity contribution in [3.63, 3.8) is 0 Å². The highest BCUT2D eigenvalue weighted by Crippen LogP contribution is 2.10. The predicted octanol–water partition coefficient (Wildman–Crippen LogP) is 0.468. The van der Waals surface area contributed by atoms with Gasteiger partial charge in [0.2, 0.25) is 0 Å². The van der Waals surface area contributed by atoms with Gasteiger partial charge in [-0.2, -0.15) is 5.10 Å².